The number of fused-ring (bicyclic) bond motifs is 1. The summed E-state index contributed by atoms with van der Waals surface area (Å²) in [5, 5.41) is 0.459. The van der Waals surface area contributed by atoms with E-state index in [2.05, 4.69) is 9.88 Å². The van der Waals surface area contributed by atoms with Gasteiger partial charge < -0.3 is 18.9 Å². The molecule has 0 spiro atoms. The topological polar surface area (TPSA) is 50.1 Å². The number of pyridine rings is 1. The summed E-state index contributed by atoms with van der Waals surface area (Å²) in [6.45, 7) is 2.33. The molecule has 10 heteroatoms. The van der Waals surface area contributed by atoms with Gasteiger partial charge in [0, 0.05) is 56.6 Å². The molecule has 1 amide bonds. The molecule has 0 N–H and O–H groups in total. The van der Waals surface area contributed by atoms with E-state index in [-0.39, 0.29) is 12.3 Å². The minimum Gasteiger partial charge on any atom is -0.497 e. The first-order chi connectivity index (χ1) is 18.2. The first-order valence-corrected chi connectivity index (χ1v) is 12.6. The van der Waals surface area contributed by atoms with Crippen LogP contribution in [0.3, 0.4) is 0 Å². The SMILES string of the molecule is COc1ccc(N2CCN(C(=O)C[C@@H](c3cccc(C(F)(F)F)c3)c3cnc4ccc(Cl)cn34)CC2)cc1. The Bertz CT molecular complexity index is 1430. The molecule has 1 saturated heterocycles. The third-order valence-electron chi connectivity index (χ3n) is 6.92. The molecular weight excluding hydrogens is 517 g/mol. The van der Waals surface area contributed by atoms with Gasteiger partial charge in [0.25, 0.3) is 0 Å². The number of rotatable bonds is 6. The van der Waals surface area contributed by atoms with Gasteiger partial charge in [-0.25, -0.2) is 4.98 Å². The number of carbonyl (C=O) groups excluding carboxylic acids is 1. The predicted molar refractivity (Wildman–Crippen MR) is 140 cm³/mol. The van der Waals surface area contributed by atoms with Gasteiger partial charge in [-0.3, -0.25) is 4.79 Å². The number of alkyl halides is 3. The summed E-state index contributed by atoms with van der Waals surface area (Å²) in [7, 11) is 1.62. The average molecular weight is 543 g/mol. The molecule has 0 radical (unpaired) electrons. The normalized spacial score (nSPS) is 15.1. The van der Waals surface area contributed by atoms with Crippen LogP contribution in [0, 0.1) is 0 Å². The van der Waals surface area contributed by atoms with E-state index < -0.39 is 17.7 Å². The standard InChI is InChI=1S/C28H26ClF3N4O2/c1-38-23-8-6-22(7-9-23)34-11-13-35(14-12-34)27(37)16-24(19-3-2-4-20(15-19)28(30,31)32)25-17-33-26-10-5-21(29)18-36(25)26/h2-10,15,17-18,24H,11-14,16H2,1H3/t24-/m0/s1. The number of carbonyl (C=O) groups is 1. The molecule has 3 heterocycles. The molecule has 0 unspecified atom stereocenters. The second-order valence-corrected chi connectivity index (χ2v) is 9.64. The van der Waals surface area contributed by atoms with Crippen molar-refractivity contribution in [1.29, 1.82) is 0 Å². The van der Waals surface area contributed by atoms with Gasteiger partial charge in [-0.2, -0.15) is 13.2 Å². The second kappa shape index (κ2) is 10.6. The summed E-state index contributed by atoms with van der Waals surface area (Å²) in [6, 6.07) is 16.3. The first-order valence-electron chi connectivity index (χ1n) is 12.2. The fraction of sp³-hybridized carbons (Fsp3) is 0.286. The highest BCUT2D eigenvalue weighted by Gasteiger charge is 2.33. The van der Waals surface area contributed by atoms with E-state index in [1.807, 2.05) is 24.3 Å². The van der Waals surface area contributed by atoms with Crippen molar-refractivity contribution >= 4 is 28.8 Å². The minimum absolute atomic E-state index is 0.00412. The number of amides is 1. The molecule has 38 heavy (non-hydrogen) atoms. The van der Waals surface area contributed by atoms with E-state index in [0.717, 1.165) is 23.6 Å². The van der Waals surface area contributed by atoms with Crippen LogP contribution in [0.25, 0.3) is 5.65 Å². The Morgan fingerprint density at radius 1 is 1.05 bits per heavy atom. The molecule has 1 aliphatic rings. The van der Waals surface area contributed by atoms with Crippen molar-refractivity contribution < 1.29 is 22.7 Å². The highest BCUT2D eigenvalue weighted by molar-refractivity contribution is 6.30. The van der Waals surface area contributed by atoms with Crippen LogP contribution in [0.4, 0.5) is 18.9 Å². The van der Waals surface area contributed by atoms with Gasteiger partial charge in [-0.15, -0.1) is 0 Å². The van der Waals surface area contributed by atoms with E-state index in [4.69, 9.17) is 16.3 Å². The maximum absolute atomic E-state index is 13.5. The average Bonchev–Trinajstić information content (AvgIpc) is 3.34. The lowest BCUT2D eigenvalue weighted by Gasteiger charge is -2.36. The lowest BCUT2D eigenvalue weighted by Crippen LogP contribution is -2.49. The fourth-order valence-corrected chi connectivity index (χ4v) is 5.03. The molecule has 0 saturated carbocycles. The van der Waals surface area contributed by atoms with Crippen LogP contribution in [0.5, 0.6) is 5.75 Å². The van der Waals surface area contributed by atoms with Gasteiger partial charge in [0.05, 0.1) is 23.4 Å². The van der Waals surface area contributed by atoms with Crippen LogP contribution in [0.2, 0.25) is 5.02 Å². The van der Waals surface area contributed by atoms with Crippen LogP contribution in [-0.4, -0.2) is 53.5 Å². The number of anilines is 1. The number of hydrogen-bond acceptors (Lipinski definition) is 4. The van der Waals surface area contributed by atoms with Crippen LogP contribution in [0.1, 0.15) is 29.2 Å². The smallest absolute Gasteiger partial charge is 0.416 e. The quantitative estimate of drug-likeness (QED) is 0.305. The Hall–Kier alpha value is -3.72. The highest BCUT2D eigenvalue weighted by atomic mass is 35.5. The number of halogens is 4. The number of piperazine rings is 1. The third kappa shape index (κ3) is 5.43. The number of methoxy groups -OCH3 is 1. The molecule has 1 atom stereocenters. The molecule has 0 aliphatic carbocycles. The Morgan fingerprint density at radius 3 is 2.47 bits per heavy atom. The van der Waals surface area contributed by atoms with Crippen molar-refractivity contribution in [2.75, 3.05) is 38.2 Å². The van der Waals surface area contributed by atoms with E-state index in [1.165, 1.54) is 6.07 Å². The summed E-state index contributed by atoms with van der Waals surface area (Å²) in [4.78, 5) is 21.9. The Balaban J connectivity index is 1.39. The largest absolute Gasteiger partial charge is 0.497 e. The maximum Gasteiger partial charge on any atom is 0.416 e. The van der Waals surface area contributed by atoms with Crippen molar-refractivity contribution in [1.82, 2.24) is 14.3 Å². The zero-order valence-electron chi connectivity index (χ0n) is 20.7. The molecule has 0 bridgehead atoms. The summed E-state index contributed by atoms with van der Waals surface area (Å²) < 4.78 is 47.5. The van der Waals surface area contributed by atoms with Gasteiger partial charge >= 0.3 is 6.18 Å². The fourth-order valence-electron chi connectivity index (χ4n) is 4.87. The lowest BCUT2D eigenvalue weighted by atomic mass is 9.90. The predicted octanol–water partition coefficient (Wildman–Crippen LogP) is 5.89. The van der Waals surface area contributed by atoms with Crippen molar-refractivity contribution in [3.63, 3.8) is 0 Å². The number of hydrogen-bond donors (Lipinski definition) is 0. The first kappa shape index (κ1) is 25.9. The summed E-state index contributed by atoms with van der Waals surface area (Å²) in [5.74, 6) is 0.00790. The molecule has 6 nitrogen and oxygen atoms in total. The van der Waals surface area contributed by atoms with Crippen LogP contribution in [-0.2, 0) is 11.0 Å². The third-order valence-corrected chi connectivity index (χ3v) is 7.14. The summed E-state index contributed by atoms with van der Waals surface area (Å²) in [6.07, 6.45) is -1.22. The summed E-state index contributed by atoms with van der Waals surface area (Å²) in [5.41, 5.74) is 1.88. The second-order valence-electron chi connectivity index (χ2n) is 9.20. The number of ether oxygens (including phenoxy) is 1. The monoisotopic (exact) mass is 542 g/mol. The van der Waals surface area contributed by atoms with Crippen molar-refractivity contribution in [3.05, 3.63) is 94.9 Å². The Morgan fingerprint density at radius 2 is 1.79 bits per heavy atom. The number of imidazole rings is 1. The van der Waals surface area contributed by atoms with Gasteiger partial charge in [0.2, 0.25) is 5.91 Å². The zero-order chi connectivity index (χ0) is 26.9. The van der Waals surface area contributed by atoms with E-state index in [9.17, 15) is 18.0 Å². The highest BCUT2D eigenvalue weighted by Crippen LogP contribution is 2.35. The van der Waals surface area contributed by atoms with Gasteiger partial charge in [0.15, 0.2) is 0 Å². The van der Waals surface area contributed by atoms with E-state index in [0.29, 0.717) is 48.1 Å². The number of nitrogens with zero attached hydrogens (tertiary/aromatic N) is 4. The van der Waals surface area contributed by atoms with Crippen molar-refractivity contribution in [2.24, 2.45) is 0 Å². The molecule has 4 aromatic rings. The van der Waals surface area contributed by atoms with Gasteiger partial charge in [0.1, 0.15) is 11.4 Å². The lowest BCUT2D eigenvalue weighted by molar-refractivity contribution is -0.137. The molecule has 1 aliphatic heterocycles. The Kier molecular flexibility index (Phi) is 7.21. The number of benzene rings is 2. The summed E-state index contributed by atoms with van der Waals surface area (Å²) >= 11 is 6.21. The molecule has 2 aromatic carbocycles. The van der Waals surface area contributed by atoms with Crippen molar-refractivity contribution in [3.8, 4) is 5.75 Å². The molecule has 198 valence electrons. The number of aromatic nitrogens is 2. The Labute approximate surface area is 223 Å². The maximum atomic E-state index is 13.5. The van der Waals surface area contributed by atoms with Crippen LogP contribution < -0.4 is 9.64 Å². The van der Waals surface area contributed by atoms with E-state index >= 15 is 0 Å². The minimum atomic E-state index is -4.49. The molecule has 5 rings (SSSR count). The molecular formula is C28H26ClF3N4O2. The van der Waals surface area contributed by atoms with Crippen molar-refractivity contribution in [2.45, 2.75) is 18.5 Å². The van der Waals surface area contributed by atoms with Crippen LogP contribution in [0.15, 0.2) is 73.1 Å². The molecule has 1 fully saturated rings. The van der Waals surface area contributed by atoms with E-state index in [1.54, 1.807) is 47.0 Å². The van der Waals surface area contributed by atoms with Gasteiger partial charge in [-0.1, -0.05) is 29.8 Å². The molecule has 2 aromatic heterocycles. The van der Waals surface area contributed by atoms with Gasteiger partial charge in [-0.05, 0) is 48.0 Å². The zero-order valence-corrected chi connectivity index (χ0v) is 21.4. The van der Waals surface area contributed by atoms with Crippen LogP contribution >= 0.6 is 11.6 Å².